The summed E-state index contributed by atoms with van der Waals surface area (Å²) in [7, 11) is 1.83. The molecule has 2 nitrogen and oxygen atoms in total. The lowest BCUT2D eigenvalue weighted by atomic mass is 10.5. The molecule has 1 amide bonds. The zero-order valence-electron chi connectivity index (χ0n) is 5.29. The Kier molecular flexibility index (Phi) is 1.24. The lowest BCUT2D eigenvalue weighted by Gasteiger charge is -2.06. The van der Waals surface area contributed by atoms with E-state index in [0.29, 0.717) is 6.04 Å². The fourth-order valence-corrected chi connectivity index (χ4v) is 0.948. The van der Waals surface area contributed by atoms with Crippen LogP contribution in [0.5, 0.6) is 0 Å². The number of carbonyl (C=O) groups is 1. The summed E-state index contributed by atoms with van der Waals surface area (Å²) in [6.07, 6.45) is 2.09. The second kappa shape index (κ2) is 1.77. The molecular formula is C6H11NO. The van der Waals surface area contributed by atoms with Crippen LogP contribution in [0.3, 0.4) is 0 Å². The predicted octanol–water partition coefficient (Wildman–Crippen LogP) is 0.483. The first kappa shape index (κ1) is 5.60. The predicted molar refractivity (Wildman–Crippen MR) is 31.4 cm³/mol. The van der Waals surface area contributed by atoms with Gasteiger partial charge in [-0.3, -0.25) is 4.79 Å². The fraction of sp³-hybridized carbons (Fsp3) is 0.833. The van der Waals surface area contributed by atoms with Gasteiger partial charge in [0.1, 0.15) is 0 Å². The molecule has 0 bridgehead atoms. The van der Waals surface area contributed by atoms with Crippen LogP contribution < -0.4 is 0 Å². The number of rotatable bonds is 2. The van der Waals surface area contributed by atoms with Crippen LogP contribution in [-0.2, 0) is 4.79 Å². The van der Waals surface area contributed by atoms with Crippen LogP contribution in [-0.4, -0.2) is 24.4 Å². The highest BCUT2D eigenvalue weighted by Gasteiger charge is 2.35. The third-order valence-corrected chi connectivity index (χ3v) is 1.76. The van der Waals surface area contributed by atoms with Crippen molar-refractivity contribution >= 4 is 6.41 Å². The summed E-state index contributed by atoms with van der Waals surface area (Å²) in [6, 6.07) is 0.549. The van der Waals surface area contributed by atoms with Crippen LogP contribution in [0.4, 0.5) is 0 Å². The van der Waals surface area contributed by atoms with E-state index in [-0.39, 0.29) is 0 Å². The van der Waals surface area contributed by atoms with Crippen molar-refractivity contribution in [1.82, 2.24) is 4.90 Å². The molecule has 2 atom stereocenters. The maximum Gasteiger partial charge on any atom is 0.209 e. The topological polar surface area (TPSA) is 20.3 Å². The van der Waals surface area contributed by atoms with E-state index in [0.717, 1.165) is 12.3 Å². The summed E-state index contributed by atoms with van der Waals surface area (Å²) in [6.45, 7) is 2.16. The summed E-state index contributed by atoms with van der Waals surface area (Å²) in [5, 5.41) is 0. The van der Waals surface area contributed by atoms with Crippen molar-refractivity contribution in [1.29, 1.82) is 0 Å². The molecule has 0 heterocycles. The molecular weight excluding hydrogens is 102 g/mol. The highest BCUT2D eigenvalue weighted by Crippen LogP contribution is 2.32. The standard InChI is InChI=1S/C6H11NO/c1-5-3-6(5)7(2)4-8/h4-6H,3H2,1-2H3. The highest BCUT2D eigenvalue weighted by atomic mass is 16.1. The Morgan fingerprint density at radius 1 is 1.75 bits per heavy atom. The van der Waals surface area contributed by atoms with Crippen molar-refractivity contribution < 1.29 is 4.79 Å². The van der Waals surface area contributed by atoms with Gasteiger partial charge in [0.25, 0.3) is 0 Å². The van der Waals surface area contributed by atoms with Crippen LogP contribution in [0.15, 0.2) is 0 Å². The number of carbonyl (C=O) groups excluding carboxylic acids is 1. The summed E-state index contributed by atoms with van der Waals surface area (Å²) < 4.78 is 0. The molecule has 0 spiro atoms. The first-order valence-corrected chi connectivity index (χ1v) is 2.93. The minimum absolute atomic E-state index is 0.549. The Morgan fingerprint density at radius 2 is 2.25 bits per heavy atom. The second-order valence-electron chi connectivity index (χ2n) is 2.55. The first-order chi connectivity index (χ1) is 3.75. The van der Waals surface area contributed by atoms with Gasteiger partial charge in [-0.1, -0.05) is 6.92 Å². The monoisotopic (exact) mass is 113 g/mol. The molecule has 0 aromatic heterocycles. The van der Waals surface area contributed by atoms with Gasteiger partial charge in [0, 0.05) is 13.1 Å². The van der Waals surface area contributed by atoms with Crippen LogP contribution in [0.2, 0.25) is 0 Å². The van der Waals surface area contributed by atoms with Crippen molar-refractivity contribution in [2.24, 2.45) is 5.92 Å². The highest BCUT2D eigenvalue weighted by molar-refractivity contribution is 5.48. The van der Waals surface area contributed by atoms with E-state index >= 15 is 0 Å². The van der Waals surface area contributed by atoms with E-state index in [1.165, 1.54) is 6.42 Å². The Balaban J connectivity index is 2.27. The normalized spacial score (nSPS) is 34.2. The van der Waals surface area contributed by atoms with E-state index in [2.05, 4.69) is 6.92 Å². The minimum Gasteiger partial charge on any atom is -0.345 e. The van der Waals surface area contributed by atoms with E-state index in [9.17, 15) is 4.79 Å². The van der Waals surface area contributed by atoms with Gasteiger partial charge in [-0.2, -0.15) is 0 Å². The second-order valence-corrected chi connectivity index (χ2v) is 2.55. The smallest absolute Gasteiger partial charge is 0.209 e. The van der Waals surface area contributed by atoms with Crippen LogP contribution in [0, 0.1) is 5.92 Å². The Morgan fingerprint density at radius 3 is 2.38 bits per heavy atom. The van der Waals surface area contributed by atoms with E-state index in [1.54, 1.807) is 4.90 Å². The van der Waals surface area contributed by atoms with Gasteiger partial charge >= 0.3 is 0 Å². The van der Waals surface area contributed by atoms with Gasteiger partial charge in [0.2, 0.25) is 6.41 Å². The minimum atomic E-state index is 0.549. The summed E-state index contributed by atoms with van der Waals surface area (Å²) >= 11 is 0. The molecule has 2 heteroatoms. The fourth-order valence-electron chi connectivity index (χ4n) is 0.948. The van der Waals surface area contributed by atoms with Gasteiger partial charge in [-0.05, 0) is 12.3 Å². The molecule has 0 saturated heterocycles. The van der Waals surface area contributed by atoms with Crippen molar-refractivity contribution in [3.63, 3.8) is 0 Å². The van der Waals surface area contributed by atoms with E-state index in [4.69, 9.17) is 0 Å². The molecule has 1 aliphatic carbocycles. The summed E-state index contributed by atoms with van der Waals surface area (Å²) in [5.41, 5.74) is 0. The number of hydrogen-bond acceptors (Lipinski definition) is 1. The molecule has 1 aliphatic rings. The SMILES string of the molecule is CC1CC1N(C)C=O. The van der Waals surface area contributed by atoms with Crippen molar-refractivity contribution in [2.45, 2.75) is 19.4 Å². The molecule has 1 fully saturated rings. The summed E-state index contributed by atoms with van der Waals surface area (Å²) in [5.74, 6) is 0.741. The molecule has 0 aromatic carbocycles. The largest absolute Gasteiger partial charge is 0.345 e. The molecule has 8 heavy (non-hydrogen) atoms. The molecule has 0 aromatic rings. The quantitative estimate of drug-likeness (QED) is 0.477. The third kappa shape index (κ3) is 0.831. The maximum atomic E-state index is 10.1. The Hall–Kier alpha value is -0.530. The van der Waals surface area contributed by atoms with Crippen LogP contribution >= 0.6 is 0 Å². The molecule has 2 unspecified atom stereocenters. The van der Waals surface area contributed by atoms with Crippen LogP contribution in [0.1, 0.15) is 13.3 Å². The Labute approximate surface area is 49.5 Å². The number of hydrogen-bond donors (Lipinski definition) is 0. The first-order valence-electron chi connectivity index (χ1n) is 2.93. The third-order valence-electron chi connectivity index (χ3n) is 1.76. The van der Waals surface area contributed by atoms with Gasteiger partial charge in [-0.25, -0.2) is 0 Å². The number of nitrogens with zero attached hydrogens (tertiary/aromatic N) is 1. The number of amides is 1. The van der Waals surface area contributed by atoms with Crippen molar-refractivity contribution in [2.75, 3.05) is 7.05 Å². The van der Waals surface area contributed by atoms with Gasteiger partial charge in [-0.15, -0.1) is 0 Å². The molecule has 0 N–H and O–H groups in total. The van der Waals surface area contributed by atoms with Crippen molar-refractivity contribution in [3.05, 3.63) is 0 Å². The lowest BCUT2D eigenvalue weighted by Crippen LogP contribution is -2.19. The molecule has 1 rings (SSSR count). The lowest BCUT2D eigenvalue weighted by molar-refractivity contribution is -0.117. The molecule has 0 radical (unpaired) electrons. The average Bonchev–Trinajstić information content (AvgIpc) is 2.45. The van der Waals surface area contributed by atoms with Crippen LogP contribution in [0.25, 0.3) is 0 Å². The zero-order chi connectivity index (χ0) is 6.15. The summed E-state index contributed by atoms with van der Waals surface area (Å²) in [4.78, 5) is 11.8. The molecule has 1 saturated carbocycles. The van der Waals surface area contributed by atoms with E-state index in [1.807, 2.05) is 7.05 Å². The van der Waals surface area contributed by atoms with Gasteiger partial charge < -0.3 is 4.90 Å². The molecule has 0 aliphatic heterocycles. The van der Waals surface area contributed by atoms with Gasteiger partial charge in [0.15, 0.2) is 0 Å². The molecule has 46 valence electrons. The Bertz CT molecular complexity index is 103. The van der Waals surface area contributed by atoms with Gasteiger partial charge in [0.05, 0.1) is 0 Å². The maximum absolute atomic E-state index is 10.1. The van der Waals surface area contributed by atoms with Crippen molar-refractivity contribution in [3.8, 4) is 0 Å². The average molecular weight is 113 g/mol. The van der Waals surface area contributed by atoms with E-state index < -0.39 is 0 Å². The zero-order valence-corrected chi connectivity index (χ0v) is 5.29.